The molecule has 2 aliphatic heterocycles. The van der Waals surface area contributed by atoms with Gasteiger partial charge in [-0.3, -0.25) is 4.79 Å². The van der Waals surface area contributed by atoms with Gasteiger partial charge < -0.3 is 25.0 Å². The topological polar surface area (TPSA) is 108 Å². The van der Waals surface area contributed by atoms with Crippen molar-refractivity contribution in [2.45, 2.75) is 71.3 Å². The fourth-order valence-corrected chi connectivity index (χ4v) is 4.18. The summed E-state index contributed by atoms with van der Waals surface area (Å²) in [6.45, 7) is 8.29. The summed E-state index contributed by atoms with van der Waals surface area (Å²) in [7, 11) is 0. The molecule has 1 saturated heterocycles. The summed E-state index contributed by atoms with van der Waals surface area (Å²) < 4.78 is 64.7. The molecule has 1 aromatic carbocycles. The van der Waals surface area contributed by atoms with Gasteiger partial charge in [0, 0.05) is 57.9 Å². The summed E-state index contributed by atoms with van der Waals surface area (Å²) in [5, 5.41) is 10.6. The van der Waals surface area contributed by atoms with Crippen molar-refractivity contribution < 1.29 is 41.4 Å². The third kappa shape index (κ3) is 8.15. The third-order valence-electron chi connectivity index (χ3n) is 6.60. The second-order valence-corrected chi connectivity index (χ2v) is 9.62. The molecule has 2 aromatic rings. The minimum Gasteiger partial charge on any atom is -0.487 e. The molecular formula is C26H32F5N5O4. The van der Waals surface area contributed by atoms with Crippen LogP contribution in [0.15, 0.2) is 18.2 Å². The molecule has 0 radical (unpaired) electrons. The number of ether oxygens (including phenoxy) is 1. The maximum absolute atomic E-state index is 14.0. The van der Waals surface area contributed by atoms with Crippen LogP contribution in [0.3, 0.4) is 0 Å². The van der Waals surface area contributed by atoms with E-state index in [2.05, 4.69) is 24.1 Å². The van der Waals surface area contributed by atoms with Crippen LogP contribution in [-0.2, 0) is 22.6 Å². The number of piperidine rings is 1. The molecule has 1 fully saturated rings. The molecule has 0 saturated carbocycles. The zero-order valence-electron chi connectivity index (χ0n) is 22.4. The van der Waals surface area contributed by atoms with Crippen LogP contribution in [0, 0.1) is 11.6 Å². The van der Waals surface area contributed by atoms with Gasteiger partial charge in [-0.1, -0.05) is 6.92 Å². The summed E-state index contributed by atoms with van der Waals surface area (Å²) in [6, 6.07) is 3.61. The van der Waals surface area contributed by atoms with E-state index in [1.807, 2.05) is 0 Å². The van der Waals surface area contributed by atoms with E-state index in [4.69, 9.17) is 24.6 Å². The highest BCUT2D eigenvalue weighted by molar-refractivity contribution is 5.74. The van der Waals surface area contributed by atoms with Gasteiger partial charge in [0.15, 0.2) is 23.2 Å². The van der Waals surface area contributed by atoms with Gasteiger partial charge >= 0.3 is 12.1 Å². The van der Waals surface area contributed by atoms with Crippen LogP contribution in [0.1, 0.15) is 51.4 Å². The Balaban J connectivity index is 0.000000559. The molecule has 4 rings (SSSR count). The van der Waals surface area contributed by atoms with Crippen molar-refractivity contribution in [1.29, 1.82) is 0 Å². The van der Waals surface area contributed by atoms with E-state index in [0.29, 0.717) is 45.4 Å². The highest BCUT2D eigenvalue weighted by Crippen LogP contribution is 2.31. The Morgan fingerprint density at radius 1 is 1.15 bits per heavy atom. The molecule has 2 N–H and O–H groups in total. The largest absolute Gasteiger partial charge is 0.490 e. The molecule has 1 aromatic heterocycles. The van der Waals surface area contributed by atoms with Crippen molar-refractivity contribution in [3.63, 3.8) is 0 Å². The van der Waals surface area contributed by atoms with Gasteiger partial charge in [0.05, 0.1) is 17.9 Å². The van der Waals surface area contributed by atoms with E-state index < -0.39 is 23.8 Å². The number of hydrogen-bond donors (Lipinski definition) is 2. The lowest BCUT2D eigenvalue weighted by Crippen LogP contribution is -2.40. The van der Waals surface area contributed by atoms with Crippen molar-refractivity contribution in [3.8, 4) is 5.75 Å². The minimum absolute atomic E-state index is 0.0441. The number of carboxylic acid groups (broad SMARTS) is 1. The van der Waals surface area contributed by atoms with E-state index in [9.17, 15) is 26.7 Å². The van der Waals surface area contributed by atoms with E-state index in [1.54, 1.807) is 11.8 Å². The SMILES string of the molecule is CC[C@H](C)Nc1nc2c(nc1N1CCC(Oc3ccc(F)cc3F)CC1)CCN(C(C)=O)C2.O=C(O)C(F)(F)F. The van der Waals surface area contributed by atoms with Crippen molar-refractivity contribution in [2.24, 2.45) is 0 Å². The van der Waals surface area contributed by atoms with Gasteiger partial charge in [-0.15, -0.1) is 0 Å². The molecule has 0 unspecified atom stereocenters. The number of anilines is 2. The Bertz CT molecular complexity index is 1200. The van der Waals surface area contributed by atoms with Crippen LogP contribution >= 0.6 is 0 Å². The molecule has 1 atom stereocenters. The van der Waals surface area contributed by atoms with Crippen molar-refractivity contribution in [3.05, 3.63) is 41.2 Å². The first-order valence-corrected chi connectivity index (χ1v) is 12.9. The molecular weight excluding hydrogens is 541 g/mol. The summed E-state index contributed by atoms with van der Waals surface area (Å²) in [5.74, 6) is -2.38. The number of carbonyl (C=O) groups excluding carboxylic acids is 1. The summed E-state index contributed by atoms with van der Waals surface area (Å²) in [6.07, 6.45) is -2.23. The maximum atomic E-state index is 14.0. The zero-order valence-corrected chi connectivity index (χ0v) is 22.4. The van der Waals surface area contributed by atoms with Crippen LogP contribution in [-0.4, -0.2) is 69.8 Å². The van der Waals surface area contributed by atoms with Crippen LogP contribution < -0.4 is 15.0 Å². The first-order valence-electron chi connectivity index (χ1n) is 12.9. The fraction of sp³-hybridized carbons (Fsp3) is 0.538. The fourth-order valence-electron chi connectivity index (χ4n) is 4.18. The number of benzene rings is 1. The molecule has 220 valence electrons. The number of halogens is 5. The van der Waals surface area contributed by atoms with Gasteiger partial charge in [0.2, 0.25) is 5.91 Å². The molecule has 0 bridgehead atoms. The predicted octanol–water partition coefficient (Wildman–Crippen LogP) is 4.55. The number of rotatable bonds is 6. The number of hydrogen-bond acceptors (Lipinski definition) is 7. The lowest BCUT2D eigenvalue weighted by molar-refractivity contribution is -0.192. The molecule has 0 aliphatic carbocycles. The maximum Gasteiger partial charge on any atom is 0.490 e. The van der Waals surface area contributed by atoms with E-state index in [-0.39, 0.29) is 23.8 Å². The molecule has 9 nitrogen and oxygen atoms in total. The number of carboxylic acids is 1. The quantitative estimate of drug-likeness (QED) is 0.485. The monoisotopic (exact) mass is 573 g/mol. The molecule has 40 heavy (non-hydrogen) atoms. The first-order chi connectivity index (χ1) is 18.8. The summed E-state index contributed by atoms with van der Waals surface area (Å²) in [4.78, 5) is 34.6. The Labute approximate surface area is 228 Å². The second kappa shape index (κ2) is 13.1. The predicted molar refractivity (Wildman–Crippen MR) is 136 cm³/mol. The first kappa shape index (κ1) is 30.8. The average molecular weight is 574 g/mol. The molecule has 3 heterocycles. The second-order valence-electron chi connectivity index (χ2n) is 9.62. The Morgan fingerprint density at radius 2 is 1.80 bits per heavy atom. The van der Waals surface area contributed by atoms with E-state index in [1.165, 1.54) is 12.1 Å². The normalized spacial score (nSPS) is 16.4. The highest BCUT2D eigenvalue weighted by atomic mass is 19.4. The molecule has 2 aliphatic rings. The van der Waals surface area contributed by atoms with Gasteiger partial charge in [-0.25, -0.2) is 23.5 Å². The number of nitrogens with one attached hydrogen (secondary N) is 1. The Hall–Kier alpha value is -3.71. The van der Waals surface area contributed by atoms with Crippen LogP contribution in [0.2, 0.25) is 0 Å². The number of fused-ring (bicyclic) bond motifs is 1. The molecule has 0 spiro atoms. The molecule has 14 heteroatoms. The van der Waals surface area contributed by atoms with E-state index >= 15 is 0 Å². The van der Waals surface area contributed by atoms with Gasteiger partial charge in [-0.05, 0) is 25.5 Å². The highest BCUT2D eigenvalue weighted by Gasteiger charge is 2.38. The zero-order chi connectivity index (χ0) is 29.6. The summed E-state index contributed by atoms with van der Waals surface area (Å²) in [5.41, 5.74) is 1.78. The lowest BCUT2D eigenvalue weighted by Gasteiger charge is -2.35. The third-order valence-corrected chi connectivity index (χ3v) is 6.60. The molecule has 1 amide bonds. The number of aromatic nitrogens is 2. The smallest absolute Gasteiger partial charge is 0.487 e. The standard InChI is InChI=1S/C24H31F2N5O2.C2HF3O2/c1-4-15(2)27-23-24(29-20-9-12-31(16(3)32)14-21(20)28-23)30-10-7-18(8-11-30)33-22-6-5-17(25)13-19(22)26;3-2(4,5)1(6)7/h5-6,13,15,18H,4,7-12,14H2,1-3H3,(H,27,28);(H,6,7)/t15-;/m0./s1. The number of amides is 1. The van der Waals surface area contributed by atoms with Crippen molar-refractivity contribution >= 4 is 23.5 Å². The number of aliphatic carboxylic acids is 1. The minimum atomic E-state index is -5.08. The van der Waals surface area contributed by atoms with Crippen LogP contribution in [0.4, 0.5) is 33.6 Å². The van der Waals surface area contributed by atoms with Crippen LogP contribution in [0.5, 0.6) is 5.75 Å². The number of nitrogens with zero attached hydrogens (tertiary/aromatic N) is 4. The Kier molecular flexibility index (Phi) is 10.1. The number of carbonyl (C=O) groups is 2. The van der Waals surface area contributed by atoms with Crippen molar-refractivity contribution in [2.75, 3.05) is 29.9 Å². The van der Waals surface area contributed by atoms with Gasteiger partial charge in [-0.2, -0.15) is 13.2 Å². The van der Waals surface area contributed by atoms with Crippen molar-refractivity contribution in [1.82, 2.24) is 14.9 Å². The van der Waals surface area contributed by atoms with E-state index in [0.717, 1.165) is 35.5 Å². The lowest BCUT2D eigenvalue weighted by atomic mass is 10.1. The van der Waals surface area contributed by atoms with Gasteiger partial charge in [0.1, 0.15) is 11.9 Å². The summed E-state index contributed by atoms with van der Waals surface area (Å²) >= 11 is 0. The van der Waals surface area contributed by atoms with Gasteiger partial charge in [0.25, 0.3) is 0 Å². The number of alkyl halides is 3. The Morgan fingerprint density at radius 3 is 2.35 bits per heavy atom. The average Bonchev–Trinajstić information content (AvgIpc) is 2.89. The van der Waals surface area contributed by atoms with Crippen LogP contribution in [0.25, 0.3) is 0 Å².